The number of benzene rings is 1. The molecule has 3 rings (SSSR count). The van der Waals surface area contributed by atoms with Gasteiger partial charge in [0.2, 0.25) is 5.91 Å². The Morgan fingerprint density at radius 2 is 1.89 bits per heavy atom. The first-order valence-electron chi connectivity index (χ1n) is 9.01. The molecule has 3 amide bonds. The SMILES string of the molecule is CN(C)C(=O)c1ccc(Cl)c(NC(=O)C2CCN(C(=O)c3ccco3)CC2)c1. The third-order valence-corrected chi connectivity index (χ3v) is 5.09. The molecule has 0 atom stereocenters. The number of anilines is 1. The van der Waals surface area contributed by atoms with Crippen molar-refractivity contribution in [3.8, 4) is 0 Å². The van der Waals surface area contributed by atoms with Gasteiger partial charge < -0.3 is 19.5 Å². The molecule has 0 aliphatic carbocycles. The second kappa shape index (κ2) is 8.48. The first kappa shape index (κ1) is 19.9. The Hall–Kier alpha value is -2.80. The molecule has 1 N–H and O–H groups in total. The van der Waals surface area contributed by atoms with Gasteiger partial charge in [0.15, 0.2) is 5.76 Å². The third-order valence-electron chi connectivity index (χ3n) is 4.76. The van der Waals surface area contributed by atoms with Crippen LogP contribution >= 0.6 is 11.6 Å². The molecule has 0 bridgehead atoms. The predicted octanol–water partition coefficient (Wildman–Crippen LogP) is 3.13. The minimum Gasteiger partial charge on any atom is -0.459 e. The molecule has 28 heavy (non-hydrogen) atoms. The molecule has 1 aliphatic rings. The minimum atomic E-state index is -0.232. The molecule has 2 aromatic rings. The van der Waals surface area contributed by atoms with Crippen LogP contribution in [0.1, 0.15) is 33.8 Å². The second-order valence-electron chi connectivity index (χ2n) is 6.93. The summed E-state index contributed by atoms with van der Waals surface area (Å²) in [5.74, 6) is -0.429. The summed E-state index contributed by atoms with van der Waals surface area (Å²) in [6.07, 6.45) is 2.56. The predicted molar refractivity (Wildman–Crippen MR) is 105 cm³/mol. The largest absolute Gasteiger partial charge is 0.459 e. The molecule has 0 saturated carbocycles. The number of nitrogens with zero attached hydrogens (tertiary/aromatic N) is 2. The molecule has 2 heterocycles. The quantitative estimate of drug-likeness (QED) is 0.850. The van der Waals surface area contributed by atoms with Gasteiger partial charge in [0.25, 0.3) is 11.8 Å². The molecular formula is C20H22ClN3O4. The number of nitrogens with one attached hydrogen (secondary N) is 1. The van der Waals surface area contributed by atoms with Gasteiger partial charge in [-0.05, 0) is 43.2 Å². The van der Waals surface area contributed by atoms with Crippen molar-refractivity contribution in [1.82, 2.24) is 9.80 Å². The van der Waals surface area contributed by atoms with Gasteiger partial charge >= 0.3 is 0 Å². The highest BCUT2D eigenvalue weighted by molar-refractivity contribution is 6.33. The van der Waals surface area contributed by atoms with E-state index < -0.39 is 0 Å². The average Bonchev–Trinajstić information content (AvgIpc) is 3.23. The summed E-state index contributed by atoms with van der Waals surface area (Å²) in [6.45, 7) is 0.953. The van der Waals surface area contributed by atoms with Crippen molar-refractivity contribution in [3.05, 3.63) is 52.9 Å². The van der Waals surface area contributed by atoms with Gasteiger partial charge in [-0.25, -0.2) is 0 Å². The Kier molecular flexibility index (Phi) is 6.04. The summed E-state index contributed by atoms with van der Waals surface area (Å²) in [7, 11) is 3.32. The highest BCUT2D eigenvalue weighted by Gasteiger charge is 2.29. The van der Waals surface area contributed by atoms with Crippen LogP contribution in [0, 0.1) is 5.92 Å². The Morgan fingerprint density at radius 1 is 1.18 bits per heavy atom. The topological polar surface area (TPSA) is 82.9 Å². The van der Waals surface area contributed by atoms with Crippen molar-refractivity contribution in [2.24, 2.45) is 5.92 Å². The number of amides is 3. The average molecular weight is 404 g/mol. The molecule has 0 unspecified atom stereocenters. The summed E-state index contributed by atoms with van der Waals surface area (Å²) in [4.78, 5) is 40.2. The van der Waals surface area contributed by atoms with E-state index in [-0.39, 0.29) is 23.6 Å². The van der Waals surface area contributed by atoms with Crippen molar-refractivity contribution < 1.29 is 18.8 Å². The van der Waals surface area contributed by atoms with Gasteiger partial charge in [-0.2, -0.15) is 0 Å². The van der Waals surface area contributed by atoms with E-state index >= 15 is 0 Å². The lowest BCUT2D eigenvalue weighted by Gasteiger charge is -2.30. The Bertz CT molecular complexity index is 872. The van der Waals surface area contributed by atoms with Gasteiger partial charge in [0.1, 0.15) is 0 Å². The van der Waals surface area contributed by atoms with Crippen molar-refractivity contribution in [2.45, 2.75) is 12.8 Å². The fourth-order valence-corrected chi connectivity index (χ4v) is 3.31. The lowest BCUT2D eigenvalue weighted by Crippen LogP contribution is -2.41. The van der Waals surface area contributed by atoms with Gasteiger partial charge in [-0.15, -0.1) is 0 Å². The number of hydrogen-bond acceptors (Lipinski definition) is 4. The van der Waals surface area contributed by atoms with Crippen LogP contribution in [0.25, 0.3) is 0 Å². The van der Waals surface area contributed by atoms with Gasteiger partial charge in [-0.1, -0.05) is 11.6 Å². The number of rotatable bonds is 4. The molecule has 8 heteroatoms. The van der Waals surface area contributed by atoms with Crippen LogP contribution in [0.15, 0.2) is 41.0 Å². The first-order chi connectivity index (χ1) is 13.4. The summed E-state index contributed by atoms with van der Waals surface area (Å²) in [5, 5.41) is 3.19. The number of halogens is 1. The van der Waals surface area contributed by atoms with Crippen LogP contribution in [0.3, 0.4) is 0 Å². The number of hydrogen-bond donors (Lipinski definition) is 1. The fraction of sp³-hybridized carbons (Fsp3) is 0.350. The Balaban J connectivity index is 1.61. The minimum absolute atomic E-state index is 0.165. The third kappa shape index (κ3) is 4.36. The van der Waals surface area contributed by atoms with Crippen LogP contribution in [-0.4, -0.2) is 54.7 Å². The second-order valence-corrected chi connectivity index (χ2v) is 7.33. The van der Waals surface area contributed by atoms with E-state index in [4.69, 9.17) is 16.0 Å². The van der Waals surface area contributed by atoms with E-state index in [1.54, 1.807) is 49.3 Å². The van der Waals surface area contributed by atoms with Crippen LogP contribution in [0.2, 0.25) is 5.02 Å². The number of piperidine rings is 1. The molecule has 1 saturated heterocycles. The number of carbonyl (C=O) groups excluding carboxylic acids is 3. The Labute approximate surface area is 168 Å². The van der Waals surface area contributed by atoms with E-state index in [2.05, 4.69) is 5.32 Å². The smallest absolute Gasteiger partial charge is 0.289 e. The van der Waals surface area contributed by atoms with Crippen molar-refractivity contribution in [3.63, 3.8) is 0 Å². The number of likely N-dealkylation sites (tertiary alicyclic amines) is 1. The van der Waals surface area contributed by atoms with E-state index in [1.807, 2.05) is 0 Å². The van der Waals surface area contributed by atoms with Gasteiger partial charge in [0.05, 0.1) is 17.0 Å². The van der Waals surface area contributed by atoms with E-state index in [9.17, 15) is 14.4 Å². The highest BCUT2D eigenvalue weighted by atomic mass is 35.5. The van der Waals surface area contributed by atoms with Gasteiger partial charge in [0, 0.05) is 38.7 Å². The van der Waals surface area contributed by atoms with Crippen molar-refractivity contribution in [1.29, 1.82) is 0 Å². The standard InChI is InChI=1S/C20H22ClN3O4/c1-23(2)19(26)14-5-6-15(21)16(12-14)22-18(25)13-7-9-24(10-8-13)20(27)17-4-3-11-28-17/h3-6,11-13H,7-10H2,1-2H3,(H,22,25). The first-order valence-corrected chi connectivity index (χ1v) is 9.39. The molecule has 7 nitrogen and oxygen atoms in total. The maximum atomic E-state index is 12.7. The lowest BCUT2D eigenvalue weighted by molar-refractivity contribution is -0.121. The molecule has 1 aromatic heterocycles. The van der Waals surface area contributed by atoms with E-state index in [0.717, 1.165) is 0 Å². The summed E-state index contributed by atoms with van der Waals surface area (Å²) >= 11 is 6.18. The van der Waals surface area contributed by atoms with Crippen molar-refractivity contribution >= 4 is 35.0 Å². The van der Waals surface area contributed by atoms with Gasteiger partial charge in [-0.3, -0.25) is 14.4 Å². The van der Waals surface area contributed by atoms with Crippen LogP contribution < -0.4 is 5.32 Å². The molecule has 148 valence electrons. The van der Waals surface area contributed by atoms with E-state index in [1.165, 1.54) is 11.2 Å². The summed E-state index contributed by atoms with van der Waals surface area (Å²) in [5.41, 5.74) is 0.858. The normalized spacial score (nSPS) is 14.6. The maximum absolute atomic E-state index is 12.7. The molecule has 0 radical (unpaired) electrons. The molecule has 0 spiro atoms. The molecule has 1 aliphatic heterocycles. The fourth-order valence-electron chi connectivity index (χ4n) is 3.15. The van der Waals surface area contributed by atoms with Crippen LogP contribution in [0.4, 0.5) is 5.69 Å². The van der Waals surface area contributed by atoms with E-state index in [0.29, 0.717) is 48.0 Å². The number of carbonyl (C=O) groups is 3. The molecule has 1 fully saturated rings. The maximum Gasteiger partial charge on any atom is 0.289 e. The summed E-state index contributed by atoms with van der Waals surface area (Å²) < 4.78 is 5.15. The zero-order valence-electron chi connectivity index (χ0n) is 15.8. The Morgan fingerprint density at radius 3 is 2.50 bits per heavy atom. The molecule has 1 aromatic carbocycles. The highest BCUT2D eigenvalue weighted by Crippen LogP contribution is 2.26. The lowest BCUT2D eigenvalue weighted by atomic mass is 9.95. The number of furan rings is 1. The zero-order valence-corrected chi connectivity index (χ0v) is 16.5. The monoisotopic (exact) mass is 403 g/mol. The molecular weight excluding hydrogens is 382 g/mol. The van der Waals surface area contributed by atoms with Crippen LogP contribution in [-0.2, 0) is 4.79 Å². The van der Waals surface area contributed by atoms with Crippen molar-refractivity contribution in [2.75, 3.05) is 32.5 Å². The summed E-state index contributed by atoms with van der Waals surface area (Å²) in [6, 6.07) is 8.10. The van der Waals surface area contributed by atoms with Crippen LogP contribution in [0.5, 0.6) is 0 Å². The zero-order chi connectivity index (χ0) is 20.3.